The molecule has 0 N–H and O–H groups in total. The van der Waals surface area contributed by atoms with Gasteiger partial charge >= 0.3 is 0 Å². The van der Waals surface area contributed by atoms with Crippen molar-refractivity contribution in [1.29, 1.82) is 0 Å². The summed E-state index contributed by atoms with van der Waals surface area (Å²) in [5.41, 5.74) is 3.23. The van der Waals surface area contributed by atoms with Crippen LogP contribution in [0.15, 0.2) is 66.7 Å². The summed E-state index contributed by atoms with van der Waals surface area (Å²) in [6.07, 6.45) is 3.32. The van der Waals surface area contributed by atoms with Crippen LogP contribution in [0.4, 0.5) is 17.6 Å². The van der Waals surface area contributed by atoms with Crippen molar-refractivity contribution in [2.45, 2.75) is 45.4 Å². The average molecular weight is 451 g/mol. The van der Waals surface area contributed by atoms with E-state index in [2.05, 4.69) is 0 Å². The number of benzene rings is 4. The van der Waals surface area contributed by atoms with E-state index >= 15 is 4.39 Å². The molecule has 0 atom stereocenters. The van der Waals surface area contributed by atoms with Crippen LogP contribution in [0, 0.1) is 23.3 Å². The molecule has 0 heterocycles. The van der Waals surface area contributed by atoms with Crippen molar-refractivity contribution < 1.29 is 17.6 Å². The Kier molecular flexibility index (Phi) is 7.12. The van der Waals surface area contributed by atoms with Crippen LogP contribution in [0.25, 0.3) is 10.8 Å². The Hall–Kier alpha value is -3.14. The predicted molar refractivity (Wildman–Crippen MR) is 125 cm³/mol. The first-order chi connectivity index (χ1) is 15.9. The molecule has 170 valence electrons. The number of rotatable bonds is 8. The lowest BCUT2D eigenvalue weighted by Gasteiger charge is -2.10. The van der Waals surface area contributed by atoms with Gasteiger partial charge in [0, 0.05) is 10.9 Å². The molecule has 0 fully saturated rings. The maximum atomic E-state index is 15.1. The zero-order valence-corrected chi connectivity index (χ0v) is 18.6. The van der Waals surface area contributed by atoms with E-state index in [1.54, 1.807) is 24.3 Å². The highest BCUT2D eigenvalue weighted by atomic mass is 19.1. The quantitative estimate of drug-likeness (QED) is 0.239. The summed E-state index contributed by atoms with van der Waals surface area (Å²) in [6.45, 7) is 1.97. The predicted octanol–water partition coefficient (Wildman–Crippen LogP) is 7.92. The number of halogens is 4. The van der Waals surface area contributed by atoms with E-state index in [1.807, 2.05) is 25.1 Å². The van der Waals surface area contributed by atoms with Crippen molar-refractivity contribution in [3.8, 4) is 0 Å². The molecule has 33 heavy (non-hydrogen) atoms. The zero-order chi connectivity index (χ0) is 23.4. The van der Waals surface area contributed by atoms with Gasteiger partial charge in [-0.05, 0) is 84.0 Å². The van der Waals surface area contributed by atoms with Gasteiger partial charge in [0.1, 0.15) is 23.3 Å². The van der Waals surface area contributed by atoms with Gasteiger partial charge in [0.05, 0.1) is 0 Å². The van der Waals surface area contributed by atoms with Gasteiger partial charge in [0.2, 0.25) is 0 Å². The van der Waals surface area contributed by atoms with E-state index in [9.17, 15) is 13.2 Å². The lowest BCUT2D eigenvalue weighted by molar-refractivity contribution is 0.551. The Bertz CT molecular complexity index is 1240. The molecule has 0 saturated heterocycles. The Morgan fingerprint density at radius 3 is 1.94 bits per heavy atom. The Morgan fingerprint density at radius 2 is 1.24 bits per heavy atom. The van der Waals surface area contributed by atoms with Gasteiger partial charge in [-0.2, -0.15) is 0 Å². The Labute approximate surface area is 191 Å². The van der Waals surface area contributed by atoms with Gasteiger partial charge < -0.3 is 0 Å². The molecule has 0 spiro atoms. The normalized spacial score (nSPS) is 11.3. The number of hydrogen-bond donors (Lipinski definition) is 0. The standard InChI is InChI=1S/C29H26F4/c1-2-3-21-17-27(31)26(28(32)18-21)15-8-20-7-14-25-23(16-20)11-10-22(29(25)33)9-4-19-5-12-24(30)13-6-19/h5-7,10-14,16-18H,2-4,8-9,15H2,1H3. The van der Waals surface area contributed by atoms with Crippen LogP contribution in [0.5, 0.6) is 0 Å². The van der Waals surface area contributed by atoms with Crippen LogP contribution in [-0.2, 0) is 32.1 Å². The summed E-state index contributed by atoms with van der Waals surface area (Å²) < 4.78 is 56.9. The number of fused-ring (bicyclic) bond motifs is 1. The molecule has 4 rings (SSSR count). The molecule has 0 nitrogen and oxygen atoms in total. The van der Waals surface area contributed by atoms with Gasteiger partial charge in [-0.15, -0.1) is 0 Å². The second-order valence-electron chi connectivity index (χ2n) is 8.51. The molecular weight excluding hydrogens is 424 g/mol. The number of hydrogen-bond acceptors (Lipinski definition) is 0. The highest BCUT2D eigenvalue weighted by Crippen LogP contribution is 2.25. The van der Waals surface area contributed by atoms with Crippen molar-refractivity contribution in [2.75, 3.05) is 0 Å². The molecule has 0 radical (unpaired) electrons. The molecule has 0 aliphatic carbocycles. The van der Waals surface area contributed by atoms with E-state index in [-0.39, 0.29) is 23.6 Å². The molecule has 4 heteroatoms. The third kappa shape index (κ3) is 5.44. The van der Waals surface area contributed by atoms with Gasteiger partial charge in [0.15, 0.2) is 0 Å². The van der Waals surface area contributed by atoms with Crippen LogP contribution in [0.3, 0.4) is 0 Å². The largest absolute Gasteiger partial charge is 0.207 e. The molecule has 0 aliphatic heterocycles. The van der Waals surface area contributed by atoms with Gasteiger partial charge in [-0.3, -0.25) is 0 Å². The molecule has 0 saturated carbocycles. The van der Waals surface area contributed by atoms with Crippen molar-refractivity contribution in [2.24, 2.45) is 0 Å². The molecular formula is C29H26F4. The van der Waals surface area contributed by atoms with Crippen molar-refractivity contribution in [3.05, 3.63) is 118 Å². The van der Waals surface area contributed by atoms with Crippen LogP contribution in [0.1, 0.15) is 41.2 Å². The molecule has 4 aromatic rings. The van der Waals surface area contributed by atoms with E-state index in [1.165, 1.54) is 24.3 Å². The second-order valence-corrected chi connectivity index (χ2v) is 8.51. The molecule has 0 unspecified atom stereocenters. The van der Waals surface area contributed by atoms with Crippen LogP contribution < -0.4 is 0 Å². The first-order valence-corrected chi connectivity index (χ1v) is 11.4. The third-order valence-electron chi connectivity index (χ3n) is 6.10. The minimum absolute atomic E-state index is 0.0947. The minimum Gasteiger partial charge on any atom is -0.207 e. The van der Waals surface area contributed by atoms with Crippen molar-refractivity contribution in [3.63, 3.8) is 0 Å². The lowest BCUT2D eigenvalue weighted by atomic mass is 9.96. The molecule has 0 amide bonds. The van der Waals surface area contributed by atoms with Crippen molar-refractivity contribution >= 4 is 10.8 Å². The molecule has 0 aromatic heterocycles. The minimum atomic E-state index is -0.504. The zero-order valence-electron chi connectivity index (χ0n) is 18.6. The maximum absolute atomic E-state index is 15.1. The summed E-state index contributed by atoms with van der Waals surface area (Å²) in [6, 6.07) is 18.2. The fraction of sp³-hybridized carbons (Fsp3) is 0.241. The first-order valence-electron chi connectivity index (χ1n) is 11.4. The van der Waals surface area contributed by atoms with E-state index in [4.69, 9.17) is 0 Å². The lowest BCUT2D eigenvalue weighted by Crippen LogP contribution is -2.01. The van der Waals surface area contributed by atoms with Gasteiger partial charge in [0.25, 0.3) is 0 Å². The van der Waals surface area contributed by atoms with Crippen molar-refractivity contribution in [1.82, 2.24) is 0 Å². The summed E-state index contributed by atoms with van der Waals surface area (Å²) >= 11 is 0. The highest BCUT2D eigenvalue weighted by molar-refractivity contribution is 5.84. The monoisotopic (exact) mass is 450 g/mol. The molecule has 4 aromatic carbocycles. The van der Waals surface area contributed by atoms with E-state index < -0.39 is 11.6 Å². The van der Waals surface area contributed by atoms with Gasteiger partial charge in [-0.1, -0.05) is 55.8 Å². The number of aryl methyl sites for hydroxylation is 4. The topological polar surface area (TPSA) is 0 Å². The van der Waals surface area contributed by atoms with E-state index in [0.717, 1.165) is 22.9 Å². The van der Waals surface area contributed by atoms with Gasteiger partial charge in [-0.25, -0.2) is 17.6 Å². The fourth-order valence-electron chi connectivity index (χ4n) is 4.26. The highest BCUT2D eigenvalue weighted by Gasteiger charge is 2.13. The summed E-state index contributed by atoms with van der Waals surface area (Å²) in [5, 5.41) is 1.28. The Morgan fingerprint density at radius 1 is 0.576 bits per heavy atom. The fourth-order valence-corrected chi connectivity index (χ4v) is 4.26. The maximum Gasteiger partial charge on any atom is 0.134 e. The van der Waals surface area contributed by atoms with E-state index in [0.29, 0.717) is 42.2 Å². The average Bonchev–Trinajstić information content (AvgIpc) is 2.79. The molecule has 0 aliphatic rings. The Balaban J connectivity index is 1.47. The second kappa shape index (κ2) is 10.2. The van der Waals surface area contributed by atoms with Crippen LogP contribution in [0.2, 0.25) is 0 Å². The summed E-state index contributed by atoms with van der Waals surface area (Å²) in [4.78, 5) is 0. The summed E-state index contributed by atoms with van der Waals surface area (Å²) in [7, 11) is 0. The third-order valence-corrected chi connectivity index (χ3v) is 6.10. The molecule has 0 bridgehead atoms. The first kappa shape index (κ1) is 23.0. The smallest absolute Gasteiger partial charge is 0.134 e. The SMILES string of the molecule is CCCc1cc(F)c(CCc2ccc3c(F)c(CCc4ccc(F)cc4)ccc3c2)c(F)c1. The van der Waals surface area contributed by atoms with Crippen LogP contribution in [-0.4, -0.2) is 0 Å². The van der Waals surface area contributed by atoms with Crippen LogP contribution >= 0.6 is 0 Å². The summed E-state index contributed by atoms with van der Waals surface area (Å²) in [5.74, 6) is -1.55.